The van der Waals surface area contributed by atoms with E-state index in [4.69, 9.17) is 9.26 Å². The van der Waals surface area contributed by atoms with Crippen LogP contribution >= 0.6 is 0 Å². The van der Waals surface area contributed by atoms with Gasteiger partial charge in [0.15, 0.2) is 5.82 Å². The maximum atomic E-state index is 12.9. The van der Waals surface area contributed by atoms with Crippen LogP contribution in [-0.2, 0) is 14.3 Å². The number of carbonyl (C=O) groups is 2. The zero-order chi connectivity index (χ0) is 18.4. The lowest BCUT2D eigenvalue weighted by atomic mass is 10.1. The van der Waals surface area contributed by atoms with Crippen LogP contribution in [0.2, 0.25) is 0 Å². The van der Waals surface area contributed by atoms with Gasteiger partial charge in [-0.05, 0) is 19.8 Å². The quantitative estimate of drug-likeness (QED) is 0.702. The summed E-state index contributed by atoms with van der Waals surface area (Å²) >= 11 is 0. The second-order valence-corrected chi connectivity index (χ2v) is 7.22. The first-order valence-corrected chi connectivity index (χ1v) is 9.55. The van der Waals surface area contributed by atoms with Gasteiger partial charge in [0, 0.05) is 12.0 Å². The zero-order valence-corrected chi connectivity index (χ0v) is 15.5. The normalized spacial score (nSPS) is 18.8. The van der Waals surface area contributed by atoms with E-state index >= 15 is 0 Å². The monoisotopic (exact) mass is 365 g/mol. The Bertz CT molecular complexity index is 606. The predicted molar refractivity (Wildman–Crippen MR) is 94.8 cm³/mol. The second kappa shape index (κ2) is 9.14. The number of carbonyl (C=O) groups excluding carboxylic acids is 2. The van der Waals surface area contributed by atoms with Crippen LogP contribution in [0.15, 0.2) is 10.6 Å². The first-order valence-electron chi connectivity index (χ1n) is 9.55. The Labute approximate surface area is 153 Å². The van der Waals surface area contributed by atoms with E-state index in [0.29, 0.717) is 18.1 Å². The molecule has 0 unspecified atom stereocenters. The SMILES string of the molecule is Cc1cc(NC(=O)CN(CC[NH+]2CCOCC2)C(=O)C2CCCC2)no1. The minimum absolute atomic E-state index is 0.0605. The number of hydrogen-bond donors (Lipinski definition) is 2. The van der Waals surface area contributed by atoms with Gasteiger partial charge in [-0.3, -0.25) is 9.59 Å². The number of aromatic nitrogens is 1. The van der Waals surface area contributed by atoms with Gasteiger partial charge in [-0.15, -0.1) is 0 Å². The van der Waals surface area contributed by atoms with Crippen molar-refractivity contribution in [3.63, 3.8) is 0 Å². The molecular weight excluding hydrogens is 336 g/mol. The van der Waals surface area contributed by atoms with Crippen LogP contribution in [-0.4, -0.2) is 67.8 Å². The zero-order valence-electron chi connectivity index (χ0n) is 15.5. The van der Waals surface area contributed by atoms with Gasteiger partial charge < -0.3 is 24.4 Å². The summed E-state index contributed by atoms with van der Waals surface area (Å²) in [4.78, 5) is 28.4. The van der Waals surface area contributed by atoms with Crippen LogP contribution in [0, 0.1) is 12.8 Å². The third kappa shape index (κ3) is 5.28. The van der Waals surface area contributed by atoms with E-state index in [1.165, 1.54) is 4.90 Å². The summed E-state index contributed by atoms with van der Waals surface area (Å²) in [5.41, 5.74) is 0. The van der Waals surface area contributed by atoms with Gasteiger partial charge in [-0.25, -0.2) is 0 Å². The van der Waals surface area contributed by atoms with E-state index in [0.717, 1.165) is 58.5 Å². The standard InChI is InChI=1S/C18H28N4O4/c1-14-12-16(20-26-14)19-17(23)13-22(18(24)15-4-2-3-5-15)7-6-21-8-10-25-11-9-21/h12,15H,2-11,13H2,1H3,(H,19,20,23)/p+1. The maximum absolute atomic E-state index is 12.9. The maximum Gasteiger partial charge on any atom is 0.245 e. The molecule has 1 saturated carbocycles. The Morgan fingerprint density at radius 2 is 2.04 bits per heavy atom. The largest absolute Gasteiger partial charge is 0.370 e. The molecule has 0 radical (unpaired) electrons. The van der Waals surface area contributed by atoms with Crippen LogP contribution in [0.3, 0.4) is 0 Å². The van der Waals surface area contributed by atoms with Gasteiger partial charge in [-0.2, -0.15) is 0 Å². The minimum Gasteiger partial charge on any atom is -0.370 e. The van der Waals surface area contributed by atoms with E-state index in [-0.39, 0.29) is 24.3 Å². The fourth-order valence-corrected chi connectivity index (χ4v) is 3.68. The average Bonchev–Trinajstić information content (AvgIpc) is 3.31. The Kier molecular flexibility index (Phi) is 6.62. The van der Waals surface area contributed by atoms with E-state index in [1.54, 1.807) is 17.9 Å². The Morgan fingerprint density at radius 3 is 2.69 bits per heavy atom. The Hall–Kier alpha value is -1.93. The first kappa shape index (κ1) is 18.8. The van der Waals surface area contributed by atoms with Crippen molar-refractivity contribution in [1.29, 1.82) is 0 Å². The molecule has 0 atom stereocenters. The molecule has 0 aromatic carbocycles. The topological polar surface area (TPSA) is 89.1 Å². The van der Waals surface area contributed by atoms with Gasteiger partial charge in [0.05, 0.1) is 26.3 Å². The third-order valence-corrected chi connectivity index (χ3v) is 5.18. The van der Waals surface area contributed by atoms with Crippen molar-refractivity contribution in [2.75, 3.05) is 51.3 Å². The van der Waals surface area contributed by atoms with Crippen LogP contribution in [0.1, 0.15) is 31.4 Å². The van der Waals surface area contributed by atoms with Gasteiger partial charge in [-0.1, -0.05) is 18.0 Å². The van der Waals surface area contributed by atoms with Crippen molar-refractivity contribution in [3.05, 3.63) is 11.8 Å². The Morgan fingerprint density at radius 1 is 1.31 bits per heavy atom. The number of nitrogens with one attached hydrogen (secondary N) is 2. The number of hydrogen-bond acceptors (Lipinski definition) is 5. The lowest BCUT2D eigenvalue weighted by Crippen LogP contribution is -3.14. The van der Waals surface area contributed by atoms with E-state index in [2.05, 4.69) is 10.5 Å². The summed E-state index contributed by atoms with van der Waals surface area (Å²) in [6, 6.07) is 1.67. The number of nitrogens with zero attached hydrogens (tertiary/aromatic N) is 2. The number of quaternary nitrogens is 1. The molecular formula is C18H29N4O4+. The van der Waals surface area contributed by atoms with Crippen LogP contribution < -0.4 is 10.2 Å². The second-order valence-electron chi connectivity index (χ2n) is 7.22. The van der Waals surface area contributed by atoms with Crippen LogP contribution in [0.5, 0.6) is 0 Å². The van der Waals surface area contributed by atoms with Crippen molar-refractivity contribution in [2.45, 2.75) is 32.6 Å². The highest BCUT2D eigenvalue weighted by molar-refractivity contribution is 5.94. The fraction of sp³-hybridized carbons (Fsp3) is 0.722. The predicted octanol–water partition coefficient (Wildman–Crippen LogP) is -0.145. The third-order valence-electron chi connectivity index (χ3n) is 5.18. The number of ether oxygens (including phenoxy) is 1. The van der Waals surface area contributed by atoms with Crippen LogP contribution in [0.25, 0.3) is 0 Å². The molecule has 1 aliphatic carbocycles. The average molecular weight is 365 g/mol. The number of morpholine rings is 1. The summed E-state index contributed by atoms with van der Waals surface area (Å²) < 4.78 is 10.4. The summed E-state index contributed by atoms with van der Waals surface area (Å²) in [7, 11) is 0. The van der Waals surface area contributed by atoms with Crippen molar-refractivity contribution >= 4 is 17.6 Å². The van der Waals surface area contributed by atoms with Gasteiger partial charge in [0.2, 0.25) is 11.8 Å². The molecule has 1 saturated heterocycles. The molecule has 3 rings (SSSR count). The molecule has 1 aromatic rings. The molecule has 8 nitrogen and oxygen atoms in total. The molecule has 1 aromatic heterocycles. The van der Waals surface area contributed by atoms with Crippen molar-refractivity contribution < 1.29 is 23.7 Å². The highest BCUT2D eigenvalue weighted by atomic mass is 16.5. The van der Waals surface area contributed by atoms with E-state index < -0.39 is 0 Å². The van der Waals surface area contributed by atoms with Gasteiger partial charge in [0.25, 0.3) is 0 Å². The molecule has 0 bridgehead atoms. The molecule has 8 heteroatoms. The molecule has 0 spiro atoms. The van der Waals surface area contributed by atoms with Gasteiger partial charge in [0.1, 0.15) is 25.4 Å². The summed E-state index contributed by atoms with van der Waals surface area (Å²) in [5.74, 6) is 0.967. The number of anilines is 1. The lowest BCUT2D eigenvalue weighted by molar-refractivity contribution is -0.907. The summed E-state index contributed by atoms with van der Waals surface area (Å²) in [5, 5.41) is 6.49. The van der Waals surface area contributed by atoms with Crippen molar-refractivity contribution in [3.8, 4) is 0 Å². The molecule has 2 N–H and O–H groups in total. The molecule has 1 aliphatic heterocycles. The van der Waals surface area contributed by atoms with Crippen molar-refractivity contribution in [1.82, 2.24) is 10.1 Å². The minimum atomic E-state index is -0.235. The summed E-state index contributed by atoms with van der Waals surface area (Å²) in [6.45, 7) is 6.70. The molecule has 2 heterocycles. The lowest BCUT2D eigenvalue weighted by Gasteiger charge is -2.29. The highest BCUT2D eigenvalue weighted by Gasteiger charge is 2.29. The number of rotatable bonds is 7. The summed E-state index contributed by atoms with van der Waals surface area (Å²) in [6.07, 6.45) is 4.07. The van der Waals surface area contributed by atoms with Crippen molar-refractivity contribution in [2.24, 2.45) is 5.92 Å². The first-order chi connectivity index (χ1) is 12.6. The van der Waals surface area contributed by atoms with E-state index in [1.807, 2.05) is 0 Å². The molecule has 2 fully saturated rings. The molecule has 26 heavy (non-hydrogen) atoms. The molecule has 144 valence electrons. The van der Waals surface area contributed by atoms with Gasteiger partial charge >= 0.3 is 0 Å². The highest BCUT2D eigenvalue weighted by Crippen LogP contribution is 2.26. The molecule has 2 aliphatic rings. The Balaban J connectivity index is 1.57. The number of aryl methyl sites for hydroxylation is 1. The molecule has 2 amide bonds. The van der Waals surface area contributed by atoms with Crippen LogP contribution in [0.4, 0.5) is 5.82 Å². The number of amides is 2. The fourth-order valence-electron chi connectivity index (χ4n) is 3.68. The smallest absolute Gasteiger partial charge is 0.245 e. The van der Waals surface area contributed by atoms with E-state index in [9.17, 15) is 9.59 Å².